The second-order valence-corrected chi connectivity index (χ2v) is 13.7. The fourth-order valence-corrected chi connectivity index (χ4v) is 6.94. The number of carbonyl (C=O) groups is 3. The largest absolute Gasteiger partial charge is 0.445 e. The van der Waals surface area contributed by atoms with E-state index >= 15 is 0 Å². The van der Waals surface area contributed by atoms with Crippen LogP contribution in [0.15, 0.2) is 121 Å². The zero-order valence-electron chi connectivity index (χ0n) is 29.8. The molecule has 272 valence electrons. The van der Waals surface area contributed by atoms with Crippen molar-refractivity contribution in [2.75, 3.05) is 18.5 Å². The Morgan fingerprint density at radius 1 is 0.868 bits per heavy atom. The number of imide groups is 1. The number of carbonyl (C=O) groups excluding carboxylic acids is 3. The van der Waals surface area contributed by atoms with Gasteiger partial charge in [-0.1, -0.05) is 103 Å². The van der Waals surface area contributed by atoms with E-state index in [-0.39, 0.29) is 37.9 Å². The number of alkyl carbamates (subject to hydrolysis) is 1. The lowest BCUT2D eigenvalue weighted by molar-refractivity contribution is -0.253. The maximum absolute atomic E-state index is 13.3. The third-order valence-corrected chi connectivity index (χ3v) is 10.1. The van der Waals surface area contributed by atoms with Crippen molar-refractivity contribution in [1.82, 2.24) is 10.2 Å². The molecule has 5 unspecified atom stereocenters. The maximum Gasteiger partial charge on any atom is 0.408 e. The number of anilines is 1. The summed E-state index contributed by atoms with van der Waals surface area (Å²) in [6, 6.07) is 38.0. The van der Waals surface area contributed by atoms with Gasteiger partial charge in [0.1, 0.15) is 12.6 Å². The molecule has 3 amide bonds. The van der Waals surface area contributed by atoms with Crippen LogP contribution in [0, 0.1) is 0 Å². The van der Waals surface area contributed by atoms with Crippen molar-refractivity contribution < 1.29 is 33.7 Å². The van der Waals surface area contributed by atoms with Gasteiger partial charge in [-0.05, 0) is 65.2 Å². The lowest BCUT2D eigenvalue weighted by atomic mass is 9.98. The Balaban J connectivity index is 1.04. The number of fused-ring (bicyclic) bond motifs is 1. The lowest BCUT2D eigenvalue weighted by Crippen LogP contribution is -2.42. The van der Waals surface area contributed by atoms with E-state index < -0.39 is 30.2 Å². The number of hydrogen-bond acceptors (Lipinski definition) is 8. The molecule has 53 heavy (non-hydrogen) atoms. The summed E-state index contributed by atoms with van der Waals surface area (Å²) in [6.45, 7) is 2.85. The summed E-state index contributed by atoms with van der Waals surface area (Å²) in [5.74, 6) is -0.948. The third kappa shape index (κ3) is 8.32. The predicted octanol–water partition coefficient (Wildman–Crippen LogP) is 7.13. The van der Waals surface area contributed by atoms with Gasteiger partial charge in [-0.2, -0.15) is 0 Å². The molecule has 2 N–H and O–H groups in total. The SMILES string of the molecule is CC(c1ccc2ccccc2c1)N(C)CC1CC(c2ccc(CO)cc2)OC(c2ccc(N3C(=O)CC(NC(=O)OCc4ccccc4)C3=O)cc2)O1. The van der Waals surface area contributed by atoms with Gasteiger partial charge in [0.2, 0.25) is 5.91 Å². The van der Waals surface area contributed by atoms with E-state index in [2.05, 4.69) is 60.6 Å². The Bertz CT molecular complexity index is 2050. The van der Waals surface area contributed by atoms with Crippen molar-refractivity contribution in [1.29, 1.82) is 0 Å². The second-order valence-electron chi connectivity index (χ2n) is 13.7. The normalized spacial score (nSPS) is 20.9. The number of rotatable bonds is 11. The van der Waals surface area contributed by atoms with Crippen LogP contribution in [0.3, 0.4) is 0 Å². The van der Waals surface area contributed by atoms with E-state index in [1.165, 1.54) is 16.3 Å². The molecule has 10 heteroatoms. The quantitative estimate of drug-likeness (QED) is 0.139. The zero-order chi connectivity index (χ0) is 36.9. The van der Waals surface area contributed by atoms with Gasteiger partial charge >= 0.3 is 6.09 Å². The number of nitrogens with zero attached hydrogens (tertiary/aromatic N) is 2. The standard InChI is InChI=1S/C43H43N3O7/c1-28(34-17-16-31-10-6-7-11-35(31)22-34)45(2)25-37-23-39(32-14-12-29(26-47)13-15-32)53-42(52-37)33-18-20-36(21-19-33)46-40(48)24-38(41(46)49)44-43(50)51-27-30-8-4-3-5-9-30/h3-22,28,37-39,42,47H,23-27H2,1-2H3,(H,44,50). The van der Waals surface area contributed by atoms with Crippen molar-refractivity contribution >= 4 is 34.4 Å². The number of amides is 3. The van der Waals surface area contributed by atoms with Gasteiger partial charge in [-0.25, -0.2) is 9.69 Å². The first-order valence-corrected chi connectivity index (χ1v) is 17.9. The highest BCUT2D eigenvalue weighted by atomic mass is 16.7. The van der Waals surface area contributed by atoms with E-state index in [1.54, 1.807) is 24.3 Å². The molecule has 0 aliphatic carbocycles. The topological polar surface area (TPSA) is 118 Å². The van der Waals surface area contributed by atoms with Crippen molar-refractivity contribution in [3.05, 3.63) is 149 Å². The van der Waals surface area contributed by atoms with Crippen molar-refractivity contribution in [3.63, 3.8) is 0 Å². The summed E-state index contributed by atoms with van der Waals surface area (Å²) in [7, 11) is 2.10. The molecule has 5 atom stereocenters. The van der Waals surface area contributed by atoms with Crippen LogP contribution in [-0.2, 0) is 37.0 Å². The predicted molar refractivity (Wildman–Crippen MR) is 201 cm³/mol. The summed E-state index contributed by atoms with van der Waals surface area (Å²) in [6.07, 6.45) is -1.48. The monoisotopic (exact) mass is 713 g/mol. The zero-order valence-corrected chi connectivity index (χ0v) is 29.8. The fourth-order valence-electron chi connectivity index (χ4n) is 6.94. The van der Waals surface area contributed by atoms with Gasteiger partial charge in [-0.15, -0.1) is 0 Å². The Morgan fingerprint density at radius 2 is 1.57 bits per heavy atom. The molecule has 0 bridgehead atoms. The molecular formula is C43H43N3O7. The molecule has 2 aliphatic rings. The molecular weight excluding hydrogens is 670 g/mol. The van der Waals surface area contributed by atoms with Crippen LogP contribution in [0.4, 0.5) is 10.5 Å². The lowest BCUT2D eigenvalue weighted by Gasteiger charge is -2.39. The van der Waals surface area contributed by atoms with Crippen LogP contribution in [0.25, 0.3) is 10.8 Å². The number of benzene rings is 5. The molecule has 2 fully saturated rings. The molecule has 5 aromatic carbocycles. The van der Waals surface area contributed by atoms with Gasteiger partial charge in [0.05, 0.1) is 30.9 Å². The smallest absolute Gasteiger partial charge is 0.408 e. The summed E-state index contributed by atoms with van der Waals surface area (Å²) < 4.78 is 18.4. The molecule has 5 aromatic rings. The van der Waals surface area contributed by atoms with Gasteiger partial charge in [0.25, 0.3) is 5.91 Å². The van der Waals surface area contributed by atoms with E-state index in [0.717, 1.165) is 27.2 Å². The minimum absolute atomic E-state index is 0.0405. The van der Waals surface area contributed by atoms with Crippen LogP contribution < -0.4 is 10.2 Å². The molecule has 0 saturated carbocycles. The second kappa shape index (κ2) is 16.1. The Hall–Kier alpha value is -5.39. The highest BCUT2D eigenvalue weighted by molar-refractivity contribution is 6.22. The third-order valence-electron chi connectivity index (χ3n) is 10.1. The minimum atomic E-state index is -1.02. The molecule has 2 saturated heterocycles. The molecule has 0 radical (unpaired) electrons. The highest BCUT2D eigenvalue weighted by Crippen LogP contribution is 2.39. The molecule has 0 spiro atoms. The first kappa shape index (κ1) is 36.0. The number of aliphatic hydroxyl groups is 1. The van der Waals surface area contributed by atoms with Gasteiger partial charge in [0, 0.05) is 24.6 Å². The van der Waals surface area contributed by atoms with E-state index in [1.807, 2.05) is 60.7 Å². The van der Waals surface area contributed by atoms with Gasteiger partial charge in [-0.3, -0.25) is 14.5 Å². The summed E-state index contributed by atoms with van der Waals surface area (Å²) in [4.78, 5) is 42.1. The number of nitrogens with one attached hydrogen (secondary N) is 1. The van der Waals surface area contributed by atoms with E-state index in [9.17, 15) is 19.5 Å². The van der Waals surface area contributed by atoms with Gasteiger partial charge < -0.3 is 24.6 Å². The highest BCUT2D eigenvalue weighted by Gasteiger charge is 2.41. The summed E-state index contributed by atoms with van der Waals surface area (Å²) in [5, 5.41) is 14.5. The van der Waals surface area contributed by atoms with Crippen LogP contribution in [0.2, 0.25) is 0 Å². The average molecular weight is 714 g/mol. The van der Waals surface area contributed by atoms with E-state index in [0.29, 0.717) is 18.7 Å². The van der Waals surface area contributed by atoms with Crippen LogP contribution in [0.1, 0.15) is 66.0 Å². The summed E-state index contributed by atoms with van der Waals surface area (Å²) in [5.41, 5.74) is 4.95. The Morgan fingerprint density at radius 3 is 2.30 bits per heavy atom. The first-order valence-electron chi connectivity index (χ1n) is 17.9. The first-order chi connectivity index (χ1) is 25.7. The molecule has 2 heterocycles. The van der Waals surface area contributed by atoms with Crippen LogP contribution >= 0.6 is 0 Å². The average Bonchev–Trinajstić information content (AvgIpc) is 3.47. The number of hydrogen-bond donors (Lipinski definition) is 2. The molecule has 2 aliphatic heterocycles. The number of ether oxygens (including phenoxy) is 3. The van der Waals surface area contributed by atoms with Crippen LogP contribution in [0.5, 0.6) is 0 Å². The Kier molecular flexibility index (Phi) is 10.9. The fraction of sp³-hybridized carbons (Fsp3) is 0.279. The van der Waals surface area contributed by atoms with E-state index in [4.69, 9.17) is 14.2 Å². The molecule has 10 nitrogen and oxygen atoms in total. The van der Waals surface area contributed by atoms with Crippen molar-refractivity contribution in [3.8, 4) is 0 Å². The maximum atomic E-state index is 13.3. The van der Waals surface area contributed by atoms with Crippen LogP contribution in [-0.4, -0.2) is 53.7 Å². The minimum Gasteiger partial charge on any atom is -0.445 e. The number of aliphatic hydroxyl groups excluding tert-OH is 1. The van der Waals surface area contributed by atoms with Crippen molar-refractivity contribution in [2.24, 2.45) is 0 Å². The van der Waals surface area contributed by atoms with Gasteiger partial charge in [0.15, 0.2) is 6.29 Å². The summed E-state index contributed by atoms with van der Waals surface area (Å²) >= 11 is 0. The van der Waals surface area contributed by atoms with Crippen molar-refractivity contribution in [2.45, 2.75) is 63.6 Å². The molecule has 7 rings (SSSR count). The molecule has 0 aromatic heterocycles. The Labute approximate surface area is 308 Å². The number of likely N-dealkylation sites (N-methyl/N-ethyl adjacent to an activating group) is 1.